The number of fused-ring (bicyclic) bond motifs is 2. The number of benzene rings is 6. The summed E-state index contributed by atoms with van der Waals surface area (Å²) < 4.78 is 71.8. The predicted octanol–water partition coefficient (Wildman–Crippen LogP) is 10.7. The molecule has 6 aromatic carbocycles. The number of hydrogen-bond acceptors (Lipinski definition) is 16. The Morgan fingerprint density at radius 1 is 0.446 bits per heavy atom. The SMILES string of the molecule is COc1ccc(CC2c3cc(OC)c(OC)cc3CC[N+]2(C)CCCOC(=O)/C=C\C(=O)OCC2C[N+](C)(Cc3ccc(COc4cc5c(cc4OC)C(Cc4ccc(OC)cc4)[N+](C)(CCCOC(=O)/C=C\C(=O)OCC4CC[N+](C)(Cc6ccc(OC)cc6)C4)CC5)cc3)CCO2)cc1. The molecular weight excluding hydrogens is 1280 g/mol. The second-order valence-electron chi connectivity index (χ2n) is 28.5. The van der Waals surface area contributed by atoms with Crippen molar-refractivity contribution >= 4 is 23.9 Å². The number of likely N-dealkylation sites (tertiary alicyclic amines) is 1. The van der Waals surface area contributed by atoms with Crippen molar-refractivity contribution in [2.75, 3.05) is 156 Å². The van der Waals surface area contributed by atoms with Crippen molar-refractivity contribution in [3.63, 3.8) is 0 Å². The number of hydrogen-bond donors (Lipinski definition) is 0. The summed E-state index contributed by atoms with van der Waals surface area (Å²) in [6.45, 7) is 9.85. The minimum Gasteiger partial charge on any atom is -0.497 e. The topological polar surface area (TPSA) is 179 Å². The largest absolute Gasteiger partial charge is 0.497 e. The molecule has 0 N–H and O–H groups in total. The Kier molecular flexibility index (Phi) is 25.6. The van der Waals surface area contributed by atoms with Gasteiger partial charge in [-0.3, -0.25) is 0 Å². The summed E-state index contributed by atoms with van der Waals surface area (Å²) >= 11 is 0. The Hall–Kier alpha value is -8.92. The number of ether oxygens (including phenoxy) is 12. The normalized spacial score (nSPS) is 23.1. The molecule has 2 saturated heterocycles. The molecule has 6 aromatic rings. The number of quaternary nitrogens is 4. The molecule has 101 heavy (non-hydrogen) atoms. The molecule has 4 heterocycles. The number of rotatable bonds is 33. The third-order valence-electron chi connectivity index (χ3n) is 21.1. The number of likely N-dealkylation sites (N-methyl/N-ethyl adjacent to an activating group) is 3. The van der Waals surface area contributed by atoms with Crippen molar-refractivity contribution in [2.24, 2.45) is 5.92 Å². The first-order valence-corrected chi connectivity index (χ1v) is 35.3. The summed E-state index contributed by atoms with van der Waals surface area (Å²) in [6, 6.07) is 41.7. The summed E-state index contributed by atoms with van der Waals surface area (Å²) in [5.41, 5.74) is 10.6. The number of carbonyl (C=O) groups excluding carboxylic acids is 4. The summed E-state index contributed by atoms with van der Waals surface area (Å²) in [6.07, 6.45) is 9.70. The molecule has 8 atom stereocenters. The Bertz CT molecular complexity index is 3830. The molecular formula is C81H104N4O16+4. The molecule has 8 unspecified atom stereocenters. The van der Waals surface area contributed by atoms with Crippen molar-refractivity contribution in [1.82, 2.24) is 0 Å². The Balaban J connectivity index is 0.663. The third kappa shape index (κ3) is 20.2. The molecule has 20 nitrogen and oxygen atoms in total. The van der Waals surface area contributed by atoms with Crippen LogP contribution in [-0.2, 0) is 88.2 Å². The van der Waals surface area contributed by atoms with Gasteiger partial charge in [0, 0.05) is 97.4 Å². The van der Waals surface area contributed by atoms with Crippen LogP contribution in [0.3, 0.4) is 0 Å². The van der Waals surface area contributed by atoms with Gasteiger partial charge in [-0.15, -0.1) is 0 Å². The zero-order valence-corrected chi connectivity index (χ0v) is 60.8. The first-order chi connectivity index (χ1) is 48.7. The number of carbonyl (C=O) groups is 4. The van der Waals surface area contributed by atoms with Crippen LogP contribution in [0, 0.1) is 5.92 Å². The number of esters is 4. The average Bonchev–Trinajstić information content (AvgIpc) is 1.22. The molecule has 2 fully saturated rings. The van der Waals surface area contributed by atoms with E-state index in [4.69, 9.17) is 56.8 Å². The first-order valence-electron chi connectivity index (χ1n) is 35.3. The van der Waals surface area contributed by atoms with Gasteiger partial charge in [-0.2, -0.15) is 0 Å². The molecule has 0 bridgehead atoms. The summed E-state index contributed by atoms with van der Waals surface area (Å²) in [7, 11) is 19.0. The molecule has 0 aliphatic carbocycles. The van der Waals surface area contributed by atoms with Crippen LogP contribution in [0.5, 0.6) is 40.2 Å². The maximum atomic E-state index is 12.9. The molecule has 0 saturated carbocycles. The maximum absolute atomic E-state index is 12.9. The quantitative estimate of drug-likeness (QED) is 0.0125. The van der Waals surface area contributed by atoms with Gasteiger partial charge in [0.15, 0.2) is 23.0 Å². The van der Waals surface area contributed by atoms with Gasteiger partial charge in [0.2, 0.25) is 0 Å². The van der Waals surface area contributed by atoms with E-state index in [1.165, 1.54) is 45.0 Å². The van der Waals surface area contributed by atoms with Crippen LogP contribution in [0.1, 0.15) is 81.4 Å². The van der Waals surface area contributed by atoms with E-state index in [2.05, 4.69) is 113 Å². The predicted molar refractivity (Wildman–Crippen MR) is 383 cm³/mol. The molecule has 0 aromatic heterocycles. The summed E-state index contributed by atoms with van der Waals surface area (Å²) in [5.74, 6) is 3.05. The minimum atomic E-state index is -0.636. The van der Waals surface area contributed by atoms with E-state index in [1.807, 2.05) is 36.4 Å². The average molecular weight is 1390 g/mol. The first kappa shape index (κ1) is 74.8. The van der Waals surface area contributed by atoms with Gasteiger partial charge in [0.05, 0.1) is 130 Å². The zero-order valence-electron chi connectivity index (χ0n) is 60.8. The van der Waals surface area contributed by atoms with Crippen LogP contribution in [0.25, 0.3) is 0 Å². The van der Waals surface area contributed by atoms with Crippen molar-refractivity contribution in [2.45, 2.75) is 82.8 Å². The van der Waals surface area contributed by atoms with E-state index in [0.717, 1.165) is 147 Å². The Morgan fingerprint density at radius 2 is 0.851 bits per heavy atom. The van der Waals surface area contributed by atoms with Gasteiger partial charge in [-0.05, 0) is 101 Å². The molecule has 0 amide bonds. The standard InChI is InChI=1S/C81H104N4O16/c1-82(51-61-21-27-68(92-7)28-22-61)38-33-63(53-82)56-100-80(88)31-29-78(86)97-42-12-37-85(4)40-35-65-48-77(76(95-10)50-71(65)73(85)46-59-19-25-67(91-6)26-20-59)99-55-62-15-13-60(14-16-62)52-83(2)41-44-96-69(54-83)57-101-81(89)32-30-79(87)98-43-11-36-84(3)39-34-64-47-74(93-8)75(94-9)49-70(64)72(84)45-58-17-23-66(90-5)24-18-58/h13-32,47-50,63,69,72-73H,11-12,33-46,51-57H2,1-10H3/q+4/b31-29-,32-30-. The van der Waals surface area contributed by atoms with E-state index in [1.54, 1.807) is 42.7 Å². The van der Waals surface area contributed by atoms with Gasteiger partial charge in [0.25, 0.3) is 0 Å². The molecule has 0 radical (unpaired) electrons. The lowest BCUT2D eigenvalue weighted by atomic mass is 9.86. The van der Waals surface area contributed by atoms with Gasteiger partial charge < -0.3 is 74.8 Å². The lowest BCUT2D eigenvalue weighted by molar-refractivity contribution is -0.941. The molecule has 540 valence electrons. The molecule has 0 spiro atoms. The smallest absolute Gasteiger partial charge is 0.331 e. The van der Waals surface area contributed by atoms with Gasteiger partial charge in [-0.25, -0.2) is 19.2 Å². The highest BCUT2D eigenvalue weighted by Crippen LogP contribution is 2.45. The molecule has 20 heteroatoms. The highest BCUT2D eigenvalue weighted by Gasteiger charge is 2.42. The lowest BCUT2D eigenvalue weighted by Crippen LogP contribution is -2.55. The molecule has 4 aliphatic rings. The maximum Gasteiger partial charge on any atom is 0.331 e. The fraction of sp³-hybridized carbons (Fsp3) is 0.457. The van der Waals surface area contributed by atoms with Crippen LogP contribution < -0.4 is 33.2 Å². The second-order valence-corrected chi connectivity index (χ2v) is 28.5. The fourth-order valence-corrected chi connectivity index (χ4v) is 15.2. The van der Waals surface area contributed by atoms with Crippen molar-refractivity contribution in [3.8, 4) is 40.2 Å². The number of nitrogens with zero attached hydrogens (tertiary/aromatic N) is 4. The van der Waals surface area contributed by atoms with Crippen molar-refractivity contribution < 1.29 is 94.0 Å². The summed E-state index contributed by atoms with van der Waals surface area (Å²) in [5, 5.41) is 0. The highest BCUT2D eigenvalue weighted by atomic mass is 16.6. The van der Waals surface area contributed by atoms with Crippen molar-refractivity contribution in [3.05, 3.63) is 196 Å². The Labute approximate surface area is 596 Å². The second kappa shape index (κ2) is 34.6. The van der Waals surface area contributed by atoms with E-state index in [-0.39, 0.29) is 43.9 Å². The third-order valence-corrected chi connectivity index (χ3v) is 21.1. The van der Waals surface area contributed by atoms with E-state index in [9.17, 15) is 19.2 Å². The molecule has 10 rings (SSSR count). The van der Waals surface area contributed by atoms with Crippen molar-refractivity contribution in [1.29, 1.82) is 0 Å². The van der Waals surface area contributed by atoms with E-state index in [0.29, 0.717) is 71.2 Å². The van der Waals surface area contributed by atoms with E-state index < -0.39 is 23.9 Å². The minimum absolute atomic E-state index is 0.0517. The fourth-order valence-electron chi connectivity index (χ4n) is 15.2. The van der Waals surface area contributed by atoms with Crippen LogP contribution in [0.2, 0.25) is 0 Å². The summed E-state index contributed by atoms with van der Waals surface area (Å²) in [4.78, 5) is 51.4. The number of methoxy groups -OCH3 is 6. The number of morpholine rings is 1. The Morgan fingerprint density at radius 3 is 1.33 bits per heavy atom. The van der Waals surface area contributed by atoms with Gasteiger partial charge >= 0.3 is 23.9 Å². The van der Waals surface area contributed by atoms with Crippen LogP contribution in [-0.4, -0.2) is 204 Å². The lowest BCUT2D eigenvalue weighted by Gasteiger charge is -2.46. The molecule has 4 aliphatic heterocycles. The van der Waals surface area contributed by atoms with Crippen LogP contribution in [0.15, 0.2) is 146 Å². The van der Waals surface area contributed by atoms with Crippen LogP contribution in [0.4, 0.5) is 0 Å². The van der Waals surface area contributed by atoms with Gasteiger partial charge in [-0.1, -0.05) is 48.5 Å². The van der Waals surface area contributed by atoms with Gasteiger partial charge in [0.1, 0.15) is 81.4 Å². The monoisotopic (exact) mass is 1390 g/mol. The van der Waals surface area contributed by atoms with E-state index >= 15 is 0 Å². The highest BCUT2D eigenvalue weighted by molar-refractivity contribution is 5.92. The zero-order chi connectivity index (χ0) is 71.6. The van der Waals surface area contributed by atoms with Crippen LogP contribution >= 0.6 is 0 Å².